The first kappa shape index (κ1) is 26.5. The molecule has 9 nitrogen and oxygen atoms in total. The van der Waals surface area contributed by atoms with Gasteiger partial charge in [0, 0.05) is 27.0 Å². The summed E-state index contributed by atoms with van der Waals surface area (Å²) in [6.45, 7) is 5.96. The van der Waals surface area contributed by atoms with Gasteiger partial charge in [-0.3, -0.25) is 4.79 Å². The van der Waals surface area contributed by atoms with Crippen molar-refractivity contribution in [3.63, 3.8) is 0 Å². The van der Waals surface area contributed by atoms with Gasteiger partial charge in [-0.15, -0.1) is 0 Å². The van der Waals surface area contributed by atoms with E-state index >= 15 is 0 Å². The van der Waals surface area contributed by atoms with Gasteiger partial charge in [-0.1, -0.05) is 52.6 Å². The lowest BCUT2D eigenvalue weighted by molar-refractivity contribution is -0.113. The first-order valence-corrected chi connectivity index (χ1v) is 12.9. The van der Waals surface area contributed by atoms with Crippen LogP contribution in [0.5, 0.6) is 11.5 Å². The van der Waals surface area contributed by atoms with Crippen molar-refractivity contribution in [2.45, 2.75) is 33.4 Å². The third-order valence-electron chi connectivity index (χ3n) is 6.75. The molecule has 0 aliphatic carbocycles. The highest BCUT2D eigenvalue weighted by Gasteiger charge is 2.34. The first-order valence-electron chi connectivity index (χ1n) is 12.1. The van der Waals surface area contributed by atoms with Crippen molar-refractivity contribution in [3.8, 4) is 11.5 Å². The molecule has 4 aromatic rings. The molecule has 0 saturated carbocycles. The van der Waals surface area contributed by atoms with Crippen LogP contribution in [0.1, 0.15) is 35.2 Å². The fraction of sp³-hybridized carbons (Fsp3) is 0.214. The zero-order valence-corrected chi connectivity index (χ0v) is 23.3. The number of hydrogen-bond donors (Lipinski definition) is 2. The van der Waals surface area contributed by atoms with Crippen LogP contribution >= 0.6 is 23.2 Å². The van der Waals surface area contributed by atoms with Gasteiger partial charge in [0.25, 0.3) is 5.91 Å². The highest BCUT2D eigenvalue weighted by Crippen LogP contribution is 2.39. The zero-order chi connectivity index (χ0) is 27.7. The first-order chi connectivity index (χ1) is 18.8. The van der Waals surface area contributed by atoms with Crippen molar-refractivity contribution < 1.29 is 14.3 Å². The molecule has 0 spiro atoms. The Morgan fingerprint density at radius 3 is 2.54 bits per heavy atom. The van der Waals surface area contributed by atoms with Crippen LogP contribution in [0.4, 0.5) is 11.6 Å². The average molecular weight is 565 g/mol. The SMILES string of the molecule is COc1cc(C2C(C(=O)Nc3cccc(C)c3C)=C(C)Nc3nnnn32)ccc1OCc1c(Cl)cccc1Cl. The minimum Gasteiger partial charge on any atom is -0.493 e. The van der Waals surface area contributed by atoms with Crippen molar-refractivity contribution >= 4 is 40.7 Å². The van der Waals surface area contributed by atoms with E-state index in [1.165, 1.54) is 0 Å². The van der Waals surface area contributed by atoms with Gasteiger partial charge in [0.15, 0.2) is 11.5 Å². The van der Waals surface area contributed by atoms with E-state index in [-0.39, 0.29) is 12.5 Å². The maximum absolute atomic E-state index is 13.7. The standard InChI is InChI=1S/C28H26Cl2N6O3/c1-15-7-5-10-22(16(15)2)32-27(37)25-17(3)31-28-33-34-35-36(28)26(25)18-11-12-23(24(13-18)38-4)39-14-19-20(29)8-6-9-21(19)30/h5-13,26H,14H2,1-4H3,(H,32,37)(H,31,33,35). The fourth-order valence-corrected chi connectivity index (χ4v) is 4.99. The zero-order valence-electron chi connectivity index (χ0n) is 21.8. The van der Waals surface area contributed by atoms with Crippen LogP contribution in [0.2, 0.25) is 10.0 Å². The number of anilines is 2. The Morgan fingerprint density at radius 2 is 1.79 bits per heavy atom. The number of fused-ring (bicyclic) bond motifs is 1. The fourth-order valence-electron chi connectivity index (χ4n) is 4.48. The molecule has 1 atom stereocenters. The van der Waals surface area contributed by atoms with E-state index in [2.05, 4.69) is 26.2 Å². The lowest BCUT2D eigenvalue weighted by Crippen LogP contribution is -2.31. The van der Waals surface area contributed by atoms with Gasteiger partial charge in [0.1, 0.15) is 12.6 Å². The number of allylic oxidation sites excluding steroid dienone is 1. The maximum Gasteiger partial charge on any atom is 0.255 e. The number of hydrogen-bond acceptors (Lipinski definition) is 7. The van der Waals surface area contributed by atoms with Gasteiger partial charge in [0.05, 0.1) is 12.7 Å². The molecular formula is C28H26Cl2N6O3. The number of carbonyl (C=O) groups is 1. The summed E-state index contributed by atoms with van der Waals surface area (Å²) in [5.74, 6) is 1.11. The molecule has 5 rings (SSSR count). The number of nitrogens with one attached hydrogen (secondary N) is 2. The summed E-state index contributed by atoms with van der Waals surface area (Å²) in [4.78, 5) is 13.7. The second kappa shape index (κ2) is 11.0. The van der Waals surface area contributed by atoms with Gasteiger partial charge in [-0.05, 0) is 78.2 Å². The Morgan fingerprint density at radius 1 is 1.05 bits per heavy atom. The van der Waals surface area contributed by atoms with Crippen LogP contribution in [0, 0.1) is 13.8 Å². The Labute approximate surface area is 235 Å². The molecule has 200 valence electrons. The topological polar surface area (TPSA) is 103 Å². The van der Waals surface area contributed by atoms with E-state index in [0.29, 0.717) is 44.3 Å². The Hall–Kier alpha value is -4.08. The predicted octanol–water partition coefficient (Wildman–Crippen LogP) is 6.11. The molecule has 0 bridgehead atoms. The summed E-state index contributed by atoms with van der Waals surface area (Å²) >= 11 is 12.6. The lowest BCUT2D eigenvalue weighted by atomic mass is 9.94. The summed E-state index contributed by atoms with van der Waals surface area (Å²) in [5.41, 5.74) is 5.32. The summed E-state index contributed by atoms with van der Waals surface area (Å²) in [6.07, 6.45) is 0. The highest BCUT2D eigenvalue weighted by atomic mass is 35.5. The van der Waals surface area contributed by atoms with Crippen LogP contribution in [-0.4, -0.2) is 33.2 Å². The molecule has 1 unspecified atom stereocenters. The molecule has 0 saturated heterocycles. The van der Waals surface area contributed by atoms with Gasteiger partial charge in [-0.2, -0.15) is 4.68 Å². The quantitative estimate of drug-likeness (QED) is 0.279. The largest absolute Gasteiger partial charge is 0.493 e. The van der Waals surface area contributed by atoms with Gasteiger partial charge < -0.3 is 20.1 Å². The van der Waals surface area contributed by atoms with Gasteiger partial charge >= 0.3 is 0 Å². The molecule has 11 heteroatoms. The molecule has 0 fully saturated rings. The van der Waals surface area contributed by atoms with Crippen LogP contribution in [-0.2, 0) is 11.4 Å². The third-order valence-corrected chi connectivity index (χ3v) is 7.46. The summed E-state index contributed by atoms with van der Waals surface area (Å²) in [7, 11) is 1.55. The number of methoxy groups -OCH3 is 1. The van der Waals surface area contributed by atoms with E-state index in [1.54, 1.807) is 36.1 Å². The van der Waals surface area contributed by atoms with Crippen LogP contribution in [0.25, 0.3) is 0 Å². The Balaban J connectivity index is 1.49. The molecule has 2 heterocycles. The molecule has 2 N–H and O–H groups in total. The van der Waals surface area contributed by atoms with Crippen molar-refractivity contribution in [2.75, 3.05) is 17.7 Å². The monoisotopic (exact) mass is 564 g/mol. The summed E-state index contributed by atoms with van der Waals surface area (Å²) in [6, 6.07) is 15.9. The van der Waals surface area contributed by atoms with Crippen LogP contribution < -0.4 is 20.1 Å². The molecule has 39 heavy (non-hydrogen) atoms. The summed E-state index contributed by atoms with van der Waals surface area (Å²) in [5, 5.41) is 19.3. The molecule has 1 aromatic heterocycles. The second-order valence-corrected chi connectivity index (χ2v) is 9.93. The van der Waals surface area contributed by atoms with E-state index in [1.807, 2.05) is 51.1 Å². The smallest absolute Gasteiger partial charge is 0.255 e. The second-order valence-electron chi connectivity index (χ2n) is 9.11. The molecule has 3 aromatic carbocycles. The van der Waals surface area contributed by atoms with Crippen molar-refractivity contribution in [3.05, 3.63) is 98.2 Å². The molecule has 1 amide bonds. The van der Waals surface area contributed by atoms with E-state index in [0.717, 1.165) is 22.4 Å². The van der Waals surface area contributed by atoms with Crippen molar-refractivity contribution in [1.29, 1.82) is 0 Å². The molecule has 1 aliphatic heterocycles. The minimum atomic E-state index is -0.623. The lowest BCUT2D eigenvalue weighted by Gasteiger charge is -2.28. The number of halogens is 2. The van der Waals surface area contributed by atoms with E-state index < -0.39 is 6.04 Å². The van der Waals surface area contributed by atoms with E-state index in [4.69, 9.17) is 32.7 Å². The number of aromatic nitrogens is 4. The number of tetrazole rings is 1. The Kier molecular flexibility index (Phi) is 7.45. The molecule has 0 radical (unpaired) electrons. The number of aryl methyl sites for hydroxylation is 1. The third kappa shape index (κ3) is 5.15. The molecule has 1 aliphatic rings. The highest BCUT2D eigenvalue weighted by molar-refractivity contribution is 6.35. The number of rotatable bonds is 7. The number of amides is 1. The summed E-state index contributed by atoms with van der Waals surface area (Å²) < 4.78 is 13.3. The number of nitrogens with zero attached hydrogens (tertiary/aromatic N) is 4. The maximum atomic E-state index is 13.7. The average Bonchev–Trinajstić information content (AvgIpc) is 3.38. The van der Waals surface area contributed by atoms with Crippen molar-refractivity contribution in [1.82, 2.24) is 20.2 Å². The number of benzene rings is 3. The van der Waals surface area contributed by atoms with Crippen molar-refractivity contribution in [2.24, 2.45) is 0 Å². The van der Waals surface area contributed by atoms with E-state index in [9.17, 15) is 4.79 Å². The van der Waals surface area contributed by atoms with Crippen LogP contribution in [0.15, 0.2) is 65.9 Å². The normalized spacial score (nSPS) is 14.5. The van der Waals surface area contributed by atoms with Gasteiger partial charge in [-0.25, -0.2) is 0 Å². The number of carbonyl (C=O) groups excluding carboxylic acids is 1. The van der Waals surface area contributed by atoms with Crippen LogP contribution in [0.3, 0.4) is 0 Å². The molecular weight excluding hydrogens is 539 g/mol. The predicted molar refractivity (Wildman–Crippen MR) is 151 cm³/mol. The Bertz CT molecular complexity index is 1580. The van der Waals surface area contributed by atoms with Gasteiger partial charge in [0.2, 0.25) is 5.95 Å². The minimum absolute atomic E-state index is 0.154. The number of ether oxygens (including phenoxy) is 2.